The Balaban J connectivity index is 2.03. The number of anilines is 2. The fourth-order valence-corrected chi connectivity index (χ4v) is 2.28. The van der Waals surface area contributed by atoms with E-state index in [9.17, 15) is 18.0 Å². The summed E-state index contributed by atoms with van der Waals surface area (Å²) in [7, 11) is 0. The van der Waals surface area contributed by atoms with Crippen LogP contribution in [0.1, 0.15) is 42.2 Å². The van der Waals surface area contributed by atoms with Crippen molar-refractivity contribution in [2.75, 3.05) is 17.2 Å². The molecule has 0 fully saturated rings. The number of carbonyl (C=O) groups is 1. The van der Waals surface area contributed by atoms with Crippen molar-refractivity contribution in [3.63, 3.8) is 0 Å². The lowest BCUT2D eigenvalue weighted by atomic mass is 10.2. The number of nitrogens with one attached hydrogen (secondary N) is 2. The Morgan fingerprint density at radius 1 is 1.19 bits per heavy atom. The van der Waals surface area contributed by atoms with E-state index < -0.39 is 17.6 Å². The summed E-state index contributed by atoms with van der Waals surface area (Å²) in [4.78, 5) is 20.2. The van der Waals surface area contributed by atoms with Crippen LogP contribution in [-0.2, 0) is 6.18 Å². The molecule has 1 aromatic carbocycles. The summed E-state index contributed by atoms with van der Waals surface area (Å²) in [5, 5.41) is 5.40. The summed E-state index contributed by atoms with van der Waals surface area (Å²) in [6.07, 6.45) is 1.31. The highest BCUT2D eigenvalue weighted by Gasteiger charge is 2.31. The fraction of sp³-hybridized carbons (Fsp3) is 0.353. The van der Waals surface area contributed by atoms with E-state index in [1.807, 2.05) is 0 Å². The first-order valence-corrected chi connectivity index (χ1v) is 8.43. The van der Waals surface area contributed by atoms with E-state index in [1.165, 1.54) is 12.4 Å². The molecule has 9 heteroatoms. The molecule has 26 heavy (non-hydrogen) atoms. The topological polar surface area (TPSA) is 66.9 Å². The van der Waals surface area contributed by atoms with Crippen molar-refractivity contribution < 1.29 is 18.0 Å². The SMILES string of the molecule is CCCCCNc1cnc(C(=O)Nc2cc(C(F)(F)F)ccc2Cl)cn1. The maximum atomic E-state index is 12.8. The van der Waals surface area contributed by atoms with Gasteiger partial charge in [0.05, 0.1) is 28.7 Å². The highest BCUT2D eigenvalue weighted by molar-refractivity contribution is 6.33. The van der Waals surface area contributed by atoms with Crippen molar-refractivity contribution in [3.8, 4) is 0 Å². The second kappa shape index (κ2) is 8.84. The Kier molecular flexibility index (Phi) is 6.79. The third-order valence-corrected chi connectivity index (χ3v) is 3.84. The summed E-state index contributed by atoms with van der Waals surface area (Å²) in [6, 6.07) is 2.70. The average Bonchev–Trinajstić information content (AvgIpc) is 2.60. The summed E-state index contributed by atoms with van der Waals surface area (Å²) in [6.45, 7) is 2.85. The third-order valence-electron chi connectivity index (χ3n) is 3.51. The van der Waals surface area contributed by atoms with Gasteiger partial charge < -0.3 is 10.6 Å². The molecule has 0 spiro atoms. The maximum absolute atomic E-state index is 12.8. The number of alkyl halides is 3. The van der Waals surface area contributed by atoms with Crippen molar-refractivity contribution in [1.29, 1.82) is 0 Å². The molecule has 0 atom stereocenters. The minimum Gasteiger partial charge on any atom is -0.369 e. The number of hydrogen-bond donors (Lipinski definition) is 2. The zero-order valence-electron chi connectivity index (χ0n) is 14.0. The fourth-order valence-electron chi connectivity index (χ4n) is 2.11. The Morgan fingerprint density at radius 2 is 1.96 bits per heavy atom. The van der Waals surface area contributed by atoms with Gasteiger partial charge in [0.2, 0.25) is 0 Å². The lowest BCUT2D eigenvalue weighted by Gasteiger charge is -2.11. The molecule has 0 saturated carbocycles. The van der Waals surface area contributed by atoms with Gasteiger partial charge in [-0.15, -0.1) is 0 Å². The van der Waals surface area contributed by atoms with Gasteiger partial charge in [0, 0.05) is 6.54 Å². The highest BCUT2D eigenvalue weighted by Crippen LogP contribution is 2.33. The number of unbranched alkanes of at least 4 members (excludes halogenated alkanes) is 2. The van der Waals surface area contributed by atoms with Crippen LogP contribution in [0.2, 0.25) is 5.02 Å². The largest absolute Gasteiger partial charge is 0.416 e. The number of nitrogens with zero attached hydrogens (tertiary/aromatic N) is 2. The second-order valence-electron chi connectivity index (χ2n) is 5.57. The van der Waals surface area contributed by atoms with Gasteiger partial charge in [-0.3, -0.25) is 4.79 Å². The molecule has 0 unspecified atom stereocenters. The minimum absolute atomic E-state index is 0.00600. The van der Waals surface area contributed by atoms with Gasteiger partial charge in [0.15, 0.2) is 0 Å². The van der Waals surface area contributed by atoms with Crippen LogP contribution in [0.15, 0.2) is 30.6 Å². The van der Waals surface area contributed by atoms with Crippen LogP contribution < -0.4 is 10.6 Å². The first-order valence-electron chi connectivity index (χ1n) is 8.05. The van der Waals surface area contributed by atoms with Gasteiger partial charge in [0.1, 0.15) is 11.5 Å². The highest BCUT2D eigenvalue weighted by atomic mass is 35.5. The zero-order valence-corrected chi connectivity index (χ0v) is 14.8. The minimum atomic E-state index is -4.53. The van der Waals surface area contributed by atoms with Gasteiger partial charge in [-0.05, 0) is 24.6 Å². The average molecular weight is 387 g/mol. The number of halogens is 4. The molecule has 2 N–H and O–H groups in total. The van der Waals surface area contributed by atoms with Gasteiger partial charge >= 0.3 is 6.18 Å². The summed E-state index contributed by atoms with van der Waals surface area (Å²) < 4.78 is 38.3. The van der Waals surface area contributed by atoms with Crippen molar-refractivity contribution in [1.82, 2.24) is 9.97 Å². The molecule has 0 saturated heterocycles. The van der Waals surface area contributed by atoms with Crippen LogP contribution in [0.3, 0.4) is 0 Å². The van der Waals surface area contributed by atoms with Crippen LogP contribution in [0.4, 0.5) is 24.7 Å². The molecule has 0 bridgehead atoms. The molecule has 5 nitrogen and oxygen atoms in total. The van der Waals surface area contributed by atoms with Gasteiger partial charge in [0.25, 0.3) is 5.91 Å². The molecule has 2 aromatic rings. The molecule has 0 aliphatic carbocycles. The number of hydrogen-bond acceptors (Lipinski definition) is 4. The van der Waals surface area contributed by atoms with Crippen LogP contribution in [0.25, 0.3) is 0 Å². The molecule has 1 aromatic heterocycles. The van der Waals surface area contributed by atoms with E-state index in [1.54, 1.807) is 0 Å². The number of amides is 1. The smallest absolute Gasteiger partial charge is 0.369 e. The molecular formula is C17H18ClF3N4O. The molecule has 0 aliphatic rings. The van der Waals surface area contributed by atoms with E-state index in [-0.39, 0.29) is 16.4 Å². The standard InChI is InChI=1S/C17H18ClF3N4O/c1-2-3-4-7-22-15-10-23-14(9-24-15)16(26)25-13-8-11(17(19,20)21)5-6-12(13)18/h5-6,8-10H,2-4,7H2,1H3,(H,22,24)(H,25,26). The van der Waals surface area contributed by atoms with E-state index in [0.29, 0.717) is 5.82 Å². The molecule has 1 amide bonds. The van der Waals surface area contributed by atoms with Crippen LogP contribution in [0, 0.1) is 0 Å². The number of aromatic nitrogens is 2. The van der Waals surface area contributed by atoms with Crippen molar-refractivity contribution in [2.45, 2.75) is 32.4 Å². The van der Waals surface area contributed by atoms with Crippen LogP contribution in [0.5, 0.6) is 0 Å². The van der Waals surface area contributed by atoms with E-state index in [0.717, 1.165) is 44.0 Å². The Morgan fingerprint density at radius 3 is 2.58 bits per heavy atom. The van der Waals surface area contributed by atoms with Crippen molar-refractivity contribution in [3.05, 3.63) is 46.9 Å². The predicted octanol–water partition coefficient (Wildman–Crippen LogP) is 5.00. The molecular weight excluding hydrogens is 369 g/mol. The second-order valence-corrected chi connectivity index (χ2v) is 5.97. The molecule has 2 rings (SSSR count). The van der Waals surface area contributed by atoms with E-state index in [2.05, 4.69) is 27.5 Å². The molecule has 140 valence electrons. The maximum Gasteiger partial charge on any atom is 0.416 e. The number of benzene rings is 1. The molecule has 1 heterocycles. The zero-order chi connectivity index (χ0) is 19.2. The summed E-state index contributed by atoms with van der Waals surface area (Å²) in [5.41, 5.74) is -1.08. The lowest BCUT2D eigenvalue weighted by Crippen LogP contribution is -2.16. The third kappa shape index (κ3) is 5.59. The lowest BCUT2D eigenvalue weighted by molar-refractivity contribution is -0.137. The first-order chi connectivity index (χ1) is 12.3. The van der Waals surface area contributed by atoms with Crippen LogP contribution in [-0.4, -0.2) is 22.4 Å². The van der Waals surface area contributed by atoms with Gasteiger partial charge in [-0.1, -0.05) is 31.4 Å². The normalized spacial score (nSPS) is 11.3. The number of carbonyl (C=O) groups excluding carboxylic acids is 1. The first kappa shape index (κ1) is 20.0. The van der Waals surface area contributed by atoms with E-state index >= 15 is 0 Å². The Labute approximate surface area is 154 Å². The van der Waals surface area contributed by atoms with Crippen molar-refractivity contribution >= 4 is 29.0 Å². The van der Waals surface area contributed by atoms with Gasteiger partial charge in [-0.2, -0.15) is 13.2 Å². The number of rotatable bonds is 7. The van der Waals surface area contributed by atoms with Crippen LogP contribution >= 0.6 is 11.6 Å². The molecule has 0 radical (unpaired) electrons. The summed E-state index contributed by atoms with van der Waals surface area (Å²) in [5.74, 6) is -0.175. The van der Waals surface area contributed by atoms with E-state index in [4.69, 9.17) is 11.6 Å². The predicted molar refractivity (Wildman–Crippen MR) is 94.5 cm³/mol. The summed E-state index contributed by atoms with van der Waals surface area (Å²) >= 11 is 5.86. The van der Waals surface area contributed by atoms with Gasteiger partial charge in [-0.25, -0.2) is 9.97 Å². The monoisotopic (exact) mass is 386 g/mol. The Bertz CT molecular complexity index is 751. The van der Waals surface area contributed by atoms with Crippen molar-refractivity contribution in [2.24, 2.45) is 0 Å². The quantitative estimate of drug-likeness (QED) is 0.657. The Hall–Kier alpha value is -2.35. The molecule has 0 aliphatic heterocycles.